The van der Waals surface area contributed by atoms with E-state index in [1.165, 1.54) is 0 Å². The van der Waals surface area contributed by atoms with Crippen molar-refractivity contribution in [2.75, 3.05) is 5.32 Å². The van der Waals surface area contributed by atoms with E-state index in [-0.39, 0.29) is 6.42 Å². The quantitative estimate of drug-likeness (QED) is 0.621. The second-order valence-electron chi connectivity index (χ2n) is 3.25. The minimum Gasteiger partial charge on any atom is -0.322 e. The van der Waals surface area contributed by atoms with E-state index in [1.54, 1.807) is 0 Å². The Kier molecular flexibility index (Phi) is 4.12. The summed E-state index contributed by atoms with van der Waals surface area (Å²) in [6.07, 6.45) is 4.87. The van der Waals surface area contributed by atoms with Crippen LogP contribution in [0.2, 0.25) is 0 Å². The molecule has 0 aliphatic carbocycles. The van der Waals surface area contributed by atoms with E-state index in [0.29, 0.717) is 12.1 Å². The third kappa shape index (κ3) is 3.23. The first-order valence-electron chi connectivity index (χ1n) is 4.60. The predicted molar refractivity (Wildman–Crippen MR) is 56.4 cm³/mol. The van der Waals surface area contributed by atoms with Crippen molar-refractivity contribution in [3.8, 4) is 12.3 Å². The second kappa shape index (κ2) is 5.37. The van der Waals surface area contributed by atoms with Crippen LogP contribution in [-0.4, -0.2) is 11.9 Å². The Morgan fingerprint density at radius 3 is 2.71 bits per heavy atom. The molecule has 0 saturated carbocycles. The van der Waals surface area contributed by atoms with E-state index >= 15 is 0 Å². The lowest BCUT2D eigenvalue weighted by molar-refractivity contribution is -0.117. The second-order valence-corrected chi connectivity index (χ2v) is 3.25. The Morgan fingerprint density at radius 2 is 2.12 bits per heavy atom. The van der Waals surface area contributed by atoms with Gasteiger partial charge in [-0.25, -0.2) is 13.2 Å². The highest BCUT2D eigenvalue weighted by molar-refractivity contribution is 5.94. The van der Waals surface area contributed by atoms with Crippen LogP contribution < -0.4 is 11.1 Å². The first-order chi connectivity index (χ1) is 7.95. The molecule has 17 heavy (non-hydrogen) atoms. The normalized spacial score (nSPS) is 11.7. The van der Waals surface area contributed by atoms with E-state index in [0.717, 1.165) is 0 Å². The molecule has 1 unspecified atom stereocenters. The summed E-state index contributed by atoms with van der Waals surface area (Å²) in [4.78, 5) is 11.3. The first kappa shape index (κ1) is 13.1. The van der Waals surface area contributed by atoms with Crippen LogP contribution in [0.4, 0.5) is 18.9 Å². The number of nitrogens with one attached hydrogen (secondary N) is 1. The number of hydrogen-bond acceptors (Lipinski definition) is 2. The molecule has 0 aliphatic rings. The predicted octanol–water partition coefficient (Wildman–Crippen LogP) is 1.39. The zero-order valence-corrected chi connectivity index (χ0v) is 8.64. The number of halogens is 3. The Morgan fingerprint density at radius 1 is 1.47 bits per heavy atom. The molecule has 3 N–H and O–H groups in total. The van der Waals surface area contributed by atoms with E-state index in [2.05, 4.69) is 5.92 Å². The van der Waals surface area contributed by atoms with Crippen molar-refractivity contribution < 1.29 is 18.0 Å². The molecular formula is C11H9F3N2O. The van der Waals surface area contributed by atoms with Gasteiger partial charge in [0.15, 0.2) is 11.6 Å². The smallest absolute Gasteiger partial charge is 0.242 e. The third-order valence-corrected chi connectivity index (χ3v) is 1.93. The summed E-state index contributed by atoms with van der Waals surface area (Å²) < 4.78 is 38.7. The van der Waals surface area contributed by atoms with Crippen molar-refractivity contribution >= 4 is 11.6 Å². The minimum absolute atomic E-state index is 0.0642. The van der Waals surface area contributed by atoms with Crippen LogP contribution in [0.3, 0.4) is 0 Å². The van der Waals surface area contributed by atoms with E-state index in [4.69, 9.17) is 12.2 Å². The Balaban J connectivity index is 2.89. The van der Waals surface area contributed by atoms with Gasteiger partial charge in [0.25, 0.3) is 0 Å². The van der Waals surface area contributed by atoms with Crippen LogP contribution in [0.25, 0.3) is 0 Å². The van der Waals surface area contributed by atoms with Crippen LogP contribution in [0, 0.1) is 29.8 Å². The molecule has 0 radical (unpaired) electrons. The topological polar surface area (TPSA) is 55.1 Å². The van der Waals surface area contributed by atoms with Crippen molar-refractivity contribution in [3.63, 3.8) is 0 Å². The maximum atomic E-state index is 13.2. The molecule has 0 spiro atoms. The van der Waals surface area contributed by atoms with Crippen molar-refractivity contribution in [1.82, 2.24) is 0 Å². The lowest BCUT2D eigenvalue weighted by Crippen LogP contribution is -2.35. The lowest BCUT2D eigenvalue weighted by Gasteiger charge is -2.10. The van der Waals surface area contributed by atoms with Crippen LogP contribution in [0.1, 0.15) is 6.42 Å². The molecule has 1 atom stereocenters. The van der Waals surface area contributed by atoms with Gasteiger partial charge in [-0.2, -0.15) is 0 Å². The highest BCUT2D eigenvalue weighted by atomic mass is 19.2. The van der Waals surface area contributed by atoms with Crippen molar-refractivity contribution in [3.05, 3.63) is 29.6 Å². The molecule has 1 rings (SSSR count). The van der Waals surface area contributed by atoms with Crippen LogP contribution in [-0.2, 0) is 4.79 Å². The fraction of sp³-hybridized carbons (Fsp3) is 0.182. The summed E-state index contributed by atoms with van der Waals surface area (Å²) in [5, 5.41) is 1.96. The van der Waals surface area contributed by atoms with Gasteiger partial charge in [0, 0.05) is 18.6 Å². The summed E-state index contributed by atoms with van der Waals surface area (Å²) in [5.41, 5.74) is 4.73. The summed E-state index contributed by atoms with van der Waals surface area (Å²) >= 11 is 0. The van der Waals surface area contributed by atoms with Crippen LogP contribution >= 0.6 is 0 Å². The molecule has 6 heteroatoms. The summed E-state index contributed by atoms with van der Waals surface area (Å²) in [5.74, 6) is -2.43. The summed E-state index contributed by atoms with van der Waals surface area (Å²) in [6.45, 7) is 0. The Hall–Kier alpha value is -2.00. The maximum Gasteiger partial charge on any atom is 0.242 e. The number of carbonyl (C=O) groups is 1. The number of amides is 1. The molecule has 90 valence electrons. The molecule has 1 aromatic carbocycles. The molecule has 0 saturated heterocycles. The number of terminal acetylenes is 1. The number of rotatable bonds is 3. The molecule has 3 nitrogen and oxygen atoms in total. The zero-order valence-electron chi connectivity index (χ0n) is 8.64. The number of anilines is 1. The van der Waals surface area contributed by atoms with Gasteiger partial charge in [-0.05, 0) is 0 Å². The van der Waals surface area contributed by atoms with Gasteiger partial charge >= 0.3 is 0 Å². The minimum atomic E-state index is -1.40. The van der Waals surface area contributed by atoms with Crippen molar-refractivity contribution in [1.29, 1.82) is 0 Å². The van der Waals surface area contributed by atoms with Gasteiger partial charge in [-0.15, -0.1) is 12.3 Å². The molecule has 1 aromatic rings. The third-order valence-electron chi connectivity index (χ3n) is 1.93. The number of carbonyl (C=O) groups excluding carboxylic acids is 1. The monoisotopic (exact) mass is 242 g/mol. The van der Waals surface area contributed by atoms with E-state index in [9.17, 15) is 18.0 Å². The Labute approximate surface area is 95.8 Å². The molecular weight excluding hydrogens is 233 g/mol. The van der Waals surface area contributed by atoms with Crippen molar-refractivity contribution in [2.24, 2.45) is 5.73 Å². The molecule has 0 heterocycles. The van der Waals surface area contributed by atoms with E-state index < -0.39 is 35.1 Å². The molecule has 1 amide bonds. The Bertz CT molecular complexity index is 482. The van der Waals surface area contributed by atoms with Gasteiger partial charge in [0.05, 0.1) is 11.7 Å². The van der Waals surface area contributed by atoms with Gasteiger partial charge < -0.3 is 11.1 Å². The average molecular weight is 242 g/mol. The van der Waals surface area contributed by atoms with Gasteiger partial charge in [0.1, 0.15) is 5.82 Å². The summed E-state index contributed by atoms with van der Waals surface area (Å²) in [6, 6.07) is -0.0450. The van der Waals surface area contributed by atoms with Gasteiger partial charge in [-0.3, -0.25) is 4.79 Å². The fourth-order valence-corrected chi connectivity index (χ4v) is 1.09. The van der Waals surface area contributed by atoms with E-state index in [1.807, 2.05) is 5.32 Å². The highest BCUT2D eigenvalue weighted by Crippen LogP contribution is 2.19. The summed E-state index contributed by atoms with van der Waals surface area (Å²) in [7, 11) is 0. The maximum absolute atomic E-state index is 13.2. The SMILES string of the molecule is C#CCC(N)C(=O)Nc1cc(F)cc(F)c1F. The zero-order chi connectivity index (χ0) is 13.0. The first-order valence-corrected chi connectivity index (χ1v) is 4.60. The van der Waals surface area contributed by atoms with Crippen molar-refractivity contribution in [2.45, 2.75) is 12.5 Å². The fourth-order valence-electron chi connectivity index (χ4n) is 1.09. The molecule has 0 aliphatic heterocycles. The highest BCUT2D eigenvalue weighted by Gasteiger charge is 2.17. The van der Waals surface area contributed by atoms with Gasteiger partial charge in [0.2, 0.25) is 5.91 Å². The van der Waals surface area contributed by atoms with Crippen LogP contribution in [0.5, 0.6) is 0 Å². The lowest BCUT2D eigenvalue weighted by atomic mass is 10.2. The molecule has 0 aromatic heterocycles. The van der Waals surface area contributed by atoms with Gasteiger partial charge in [-0.1, -0.05) is 0 Å². The average Bonchev–Trinajstić information content (AvgIpc) is 2.25. The molecule has 0 bridgehead atoms. The number of nitrogens with two attached hydrogens (primary N) is 1. The standard InChI is InChI=1S/C11H9F3N2O/c1-2-3-8(15)11(17)16-9-5-6(12)4-7(13)10(9)14/h1,4-5,8H,3,15H2,(H,16,17). The van der Waals surface area contributed by atoms with Crippen LogP contribution in [0.15, 0.2) is 12.1 Å². The molecule has 0 fully saturated rings. The number of hydrogen-bond donors (Lipinski definition) is 2. The largest absolute Gasteiger partial charge is 0.322 e. The number of benzene rings is 1.